The summed E-state index contributed by atoms with van der Waals surface area (Å²) in [7, 11) is 0. The zero-order valence-corrected chi connectivity index (χ0v) is 36.1. The van der Waals surface area contributed by atoms with Crippen LogP contribution in [0.4, 0.5) is 4.79 Å². The zero-order chi connectivity index (χ0) is 41.7. The van der Waals surface area contributed by atoms with E-state index in [2.05, 4.69) is 36.5 Å². The van der Waals surface area contributed by atoms with Gasteiger partial charge in [-0.1, -0.05) is 133 Å². The molecule has 0 atom stereocenters. The van der Waals surface area contributed by atoms with Crippen molar-refractivity contribution in [1.29, 1.82) is 0 Å². The van der Waals surface area contributed by atoms with Crippen LogP contribution in [0.1, 0.15) is 114 Å². The second-order valence-corrected chi connectivity index (χ2v) is 14.8. The zero-order valence-electron chi connectivity index (χ0n) is 36.1. The van der Waals surface area contributed by atoms with Crippen LogP contribution in [0.3, 0.4) is 0 Å². The molecule has 0 saturated carbocycles. The molecule has 0 aliphatic heterocycles. The Morgan fingerprint density at radius 3 is 1.27 bits per heavy atom. The SMILES string of the molecule is CCCCCCCCCCCCCCCC(=O)OCCOCCOCCOCCOCCOCCOCCOCCNC(=O)OCC1c2ccccc2-c2ccccc21. The van der Waals surface area contributed by atoms with E-state index in [0.29, 0.717) is 105 Å². The summed E-state index contributed by atoms with van der Waals surface area (Å²) in [6.45, 7) is 9.51. The van der Waals surface area contributed by atoms with E-state index in [1.807, 2.05) is 24.3 Å². The molecule has 12 nitrogen and oxygen atoms in total. The Morgan fingerprint density at radius 1 is 0.458 bits per heavy atom. The molecule has 3 rings (SSSR count). The van der Waals surface area contributed by atoms with Crippen LogP contribution in [-0.2, 0) is 47.4 Å². The lowest BCUT2D eigenvalue weighted by Crippen LogP contribution is -2.29. The lowest BCUT2D eigenvalue weighted by Gasteiger charge is -2.14. The molecule has 2 aromatic rings. The van der Waals surface area contributed by atoms with Crippen molar-refractivity contribution in [2.75, 3.05) is 112 Å². The van der Waals surface area contributed by atoms with Gasteiger partial charge in [-0.2, -0.15) is 0 Å². The Hall–Kier alpha value is -3.10. The van der Waals surface area contributed by atoms with Gasteiger partial charge in [-0.3, -0.25) is 4.79 Å². The number of carbonyl (C=O) groups is 2. The van der Waals surface area contributed by atoms with Crippen LogP contribution in [0.15, 0.2) is 48.5 Å². The fourth-order valence-corrected chi connectivity index (χ4v) is 6.87. The predicted molar refractivity (Wildman–Crippen MR) is 230 cm³/mol. The van der Waals surface area contributed by atoms with E-state index in [1.165, 1.54) is 92.9 Å². The molecule has 1 aliphatic carbocycles. The van der Waals surface area contributed by atoms with Crippen molar-refractivity contribution in [1.82, 2.24) is 5.32 Å². The average Bonchev–Trinajstić information content (AvgIpc) is 3.57. The maximum atomic E-state index is 12.3. The highest BCUT2D eigenvalue weighted by Crippen LogP contribution is 2.44. The number of esters is 1. The highest BCUT2D eigenvalue weighted by Gasteiger charge is 2.29. The minimum atomic E-state index is -0.452. The third-order valence-electron chi connectivity index (χ3n) is 10.1. The number of alkyl carbamates (subject to hydrolysis) is 1. The molecule has 0 spiro atoms. The van der Waals surface area contributed by atoms with Gasteiger partial charge in [0.15, 0.2) is 0 Å². The third kappa shape index (κ3) is 24.7. The maximum absolute atomic E-state index is 12.3. The molecule has 0 unspecified atom stereocenters. The van der Waals surface area contributed by atoms with Crippen LogP contribution < -0.4 is 5.32 Å². The normalized spacial score (nSPS) is 12.1. The van der Waals surface area contributed by atoms with Crippen molar-refractivity contribution in [2.45, 2.75) is 103 Å². The molecule has 12 heteroatoms. The number of fused-ring (bicyclic) bond motifs is 3. The number of nitrogens with one attached hydrogen (secondary N) is 1. The summed E-state index contributed by atoms with van der Waals surface area (Å²) in [6, 6.07) is 16.5. The number of hydrogen-bond donors (Lipinski definition) is 1. The predicted octanol–water partition coefficient (Wildman–Crippen LogP) is 8.67. The van der Waals surface area contributed by atoms with Crippen LogP contribution in [0.25, 0.3) is 11.1 Å². The van der Waals surface area contributed by atoms with Gasteiger partial charge in [0.05, 0.1) is 92.5 Å². The Morgan fingerprint density at radius 2 is 0.831 bits per heavy atom. The first kappa shape index (κ1) is 50.3. The molecule has 0 saturated heterocycles. The number of unbranched alkanes of at least 4 members (excludes halogenated alkanes) is 12. The smallest absolute Gasteiger partial charge is 0.407 e. The van der Waals surface area contributed by atoms with Crippen molar-refractivity contribution in [3.05, 3.63) is 59.7 Å². The second kappa shape index (κ2) is 35.6. The van der Waals surface area contributed by atoms with Crippen LogP contribution in [-0.4, -0.2) is 124 Å². The summed E-state index contributed by atoms with van der Waals surface area (Å²) < 4.78 is 49.4. The topological polar surface area (TPSA) is 129 Å². The summed E-state index contributed by atoms with van der Waals surface area (Å²) in [4.78, 5) is 24.2. The number of hydrogen-bond acceptors (Lipinski definition) is 11. The largest absolute Gasteiger partial charge is 0.463 e. The molecule has 0 radical (unpaired) electrons. The second-order valence-electron chi connectivity index (χ2n) is 14.8. The van der Waals surface area contributed by atoms with E-state index in [9.17, 15) is 9.59 Å². The standard InChI is InChI=1S/C47H75NO11/c1-2-3-4-5-6-7-8-9-10-11-12-13-14-23-46(49)58-39-38-57-37-36-56-35-34-55-33-32-54-31-30-53-29-28-52-27-26-51-25-24-48-47(50)59-40-45-43-21-17-15-19-41(43)42-20-16-18-22-44(42)45/h15-22,45H,2-14,23-40H2,1H3,(H,48,50). The molecule has 0 aromatic heterocycles. The first-order valence-corrected chi connectivity index (χ1v) is 22.5. The van der Waals surface area contributed by atoms with Crippen LogP contribution in [0, 0.1) is 0 Å². The lowest BCUT2D eigenvalue weighted by molar-refractivity contribution is -0.145. The van der Waals surface area contributed by atoms with Crippen molar-refractivity contribution in [3.63, 3.8) is 0 Å². The first-order valence-electron chi connectivity index (χ1n) is 22.5. The quantitative estimate of drug-likeness (QED) is 0.0512. The van der Waals surface area contributed by atoms with Gasteiger partial charge in [-0.15, -0.1) is 0 Å². The van der Waals surface area contributed by atoms with E-state index in [4.69, 9.17) is 42.6 Å². The summed E-state index contributed by atoms with van der Waals surface area (Å²) in [5.74, 6) is -0.100. The molecule has 1 N–H and O–H groups in total. The third-order valence-corrected chi connectivity index (χ3v) is 10.1. The van der Waals surface area contributed by atoms with Crippen LogP contribution in [0.2, 0.25) is 0 Å². The fourth-order valence-electron chi connectivity index (χ4n) is 6.87. The molecular formula is C47H75NO11. The van der Waals surface area contributed by atoms with Gasteiger partial charge in [0, 0.05) is 18.9 Å². The summed E-state index contributed by atoms with van der Waals surface area (Å²) >= 11 is 0. The van der Waals surface area contributed by atoms with Crippen molar-refractivity contribution < 1.29 is 52.2 Å². The molecule has 59 heavy (non-hydrogen) atoms. The summed E-state index contributed by atoms with van der Waals surface area (Å²) in [6.07, 6.45) is 16.8. The summed E-state index contributed by atoms with van der Waals surface area (Å²) in [5.41, 5.74) is 4.77. The minimum absolute atomic E-state index is 0.0360. The van der Waals surface area contributed by atoms with Gasteiger partial charge >= 0.3 is 12.1 Å². The van der Waals surface area contributed by atoms with Gasteiger partial charge in [-0.05, 0) is 28.7 Å². The van der Waals surface area contributed by atoms with Crippen LogP contribution in [0.5, 0.6) is 0 Å². The van der Waals surface area contributed by atoms with E-state index < -0.39 is 6.09 Å². The molecule has 0 heterocycles. The van der Waals surface area contributed by atoms with Gasteiger partial charge in [0.25, 0.3) is 0 Å². The summed E-state index contributed by atoms with van der Waals surface area (Å²) in [5, 5.41) is 2.75. The van der Waals surface area contributed by atoms with Crippen molar-refractivity contribution >= 4 is 12.1 Å². The fraction of sp³-hybridized carbons (Fsp3) is 0.702. The van der Waals surface area contributed by atoms with Gasteiger partial charge in [-0.25, -0.2) is 4.79 Å². The van der Waals surface area contributed by atoms with Crippen molar-refractivity contribution in [2.24, 2.45) is 0 Å². The van der Waals surface area contributed by atoms with E-state index in [1.54, 1.807) is 0 Å². The van der Waals surface area contributed by atoms with E-state index in [-0.39, 0.29) is 25.1 Å². The molecule has 0 bridgehead atoms. The Labute approximate surface area is 354 Å². The number of rotatable bonds is 40. The number of carbonyl (C=O) groups excluding carboxylic acids is 2. The maximum Gasteiger partial charge on any atom is 0.407 e. The minimum Gasteiger partial charge on any atom is -0.463 e. The number of ether oxygens (including phenoxy) is 9. The lowest BCUT2D eigenvalue weighted by atomic mass is 9.98. The number of benzene rings is 2. The van der Waals surface area contributed by atoms with Gasteiger partial charge in [0.1, 0.15) is 13.2 Å². The van der Waals surface area contributed by atoms with Gasteiger partial charge in [0.2, 0.25) is 0 Å². The molecule has 334 valence electrons. The molecule has 1 aliphatic rings. The van der Waals surface area contributed by atoms with E-state index in [0.717, 1.165) is 12.8 Å². The highest BCUT2D eigenvalue weighted by atomic mass is 16.6. The molecular weight excluding hydrogens is 755 g/mol. The molecule has 0 fully saturated rings. The Bertz CT molecular complexity index is 1280. The Balaban J connectivity index is 0.942. The Kier molecular flexibility index (Phi) is 30.4. The molecule has 2 aromatic carbocycles. The van der Waals surface area contributed by atoms with Crippen LogP contribution >= 0.6 is 0 Å². The van der Waals surface area contributed by atoms with Crippen molar-refractivity contribution in [3.8, 4) is 11.1 Å². The van der Waals surface area contributed by atoms with Gasteiger partial charge < -0.3 is 47.9 Å². The van der Waals surface area contributed by atoms with E-state index >= 15 is 0 Å². The first-order chi connectivity index (χ1) is 29.2. The highest BCUT2D eigenvalue weighted by molar-refractivity contribution is 5.79. The number of amides is 1. The molecule has 1 amide bonds. The average molecular weight is 830 g/mol. The monoisotopic (exact) mass is 830 g/mol.